The van der Waals surface area contributed by atoms with Crippen molar-refractivity contribution in [3.8, 4) is 0 Å². The van der Waals surface area contributed by atoms with Crippen molar-refractivity contribution < 1.29 is 9.53 Å². The maximum Gasteiger partial charge on any atom is 0.410 e. The minimum Gasteiger partial charge on any atom is -0.444 e. The maximum atomic E-state index is 12.5. The molecule has 2 aliphatic rings. The van der Waals surface area contributed by atoms with Crippen molar-refractivity contribution in [2.75, 3.05) is 6.54 Å². The van der Waals surface area contributed by atoms with Crippen LogP contribution in [0.3, 0.4) is 0 Å². The predicted molar refractivity (Wildman–Crippen MR) is 83.9 cm³/mol. The van der Waals surface area contributed by atoms with Gasteiger partial charge in [0.1, 0.15) is 5.60 Å². The van der Waals surface area contributed by atoms with E-state index in [4.69, 9.17) is 4.74 Å². The second-order valence-corrected chi connectivity index (χ2v) is 7.63. The summed E-state index contributed by atoms with van der Waals surface area (Å²) in [5.74, 6) is 0.226. The molecule has 2 heterocycles. The van der Waals surface area contributed by atoms with Crippen LogP contribution in [-0.2, 0) is 11.8 Å². The molecule has 1 saturated carbocycles. The zero-order valence-electron chi connectivity index (χ0n) is 13.8. The molecule has 1 spiro atoms. The van der Waals surface area contributed by atoms with Gasteiger partial charge in [-0.25, -0.2) is 4.79 Å². The van der Waals surface area contributed by atoms with Gasteiger partial charge >= 0.3 is 6.09 Å². The Hall–Kier alpha value is -1.78. The number of aryl methyl sites for hydroxylation is 1. The highest BCUT2D eigenvalue weighted by molar-refractivity contribution is 5.70. The normalized spacial score (nSPS) is 22.9. The average molecular weight is 304 g/mol. The molecule has 1 aromatic heterocycles. The third-order valence-electron chi connectivity index (χ3n) is 4.64. The summed E-state index contributed by atoms with van der Waals surface area (Å²) in [6.07, 6.45) is 4.57. The molecule has 5 heteroatoms. The lowest BCUT2D eigenvalue weighted by atomic mass is 9.96. The number of ether oxygens (including phenoxy) is 1. The van der Waals surface area contributed by atoms with Crippen LogP contribution in [0.15, 0.2) is 23.1 Å². The number of carbonyl (C=O) groups is 1. The largest absolute Gasteiger partial charge is 0.444 e. The molecule has 0 N–H and O–H groups in total. The molecule has 3 rings (SSSR count). The predicted octanol–water partition coefficient (Wildman–Crippen LogP) is 2.64. The summed E-state index contributed by atoms with van der Waals surface area (Å²) < 4.78 is 7.11. The van der Waals surface area contributed by atoms with Gasteiger partial charge in [0.2, 0.25) is 0 Å². The quantitative estimate of drug-likeness (QED) is 0.801. The molecule has 0 aromatic carbocycles. The Balaban J connectivity index is 1.80. The number of pyridine rings is 1. The molecule has 5 nitrogen and oxygen atoms in total. The number of hydrogen-bond acceptors (Lipinski definition) is 3. The van der Waals surface area contributed by atoms with Crippen LogP contribution in [0.2, 0.25) is 0 Å². The van der Waals surface area contributed by atoms with Crippen molar-refractivity contribution in [2.24, 2.45) is 7.05 Å². The van der Waals surface area contributed by atoms with Crippen molar-refractivity contribution in [2.45, 2.75) is 57.1 Å². The van der Waals surface area contributed by atoms with Gasteiger partial charge in [-0.1, -0.05) is 0 Å². The number of rotatable bonds is 1. The molecule has 1 aliphatic heterocycles. The lowest BCUT2D eigenvalue weighted by Gasteiger charge is -2.28. The fraction of sp³-hybridized carbons (Fsp3) is 0.647. The highest BCUT2D eigenvalue weighted by Gasteiger charge is 2.57. The van der Waals surface area contributed by atoms with E-state index in [0.717, 1.165) is 24.8 Å². The monoisotopic (exact) mass is 304 g/mol. The topological polar surface area (TPSA) is 51.5 Å². The zero-order valence-corrected chi connectivity index (χ0v) is 13.8. The Kier molecular flexibility index (Phi) is 3.34. The van der Waals surface area contributed by atoms with E-state index < -0.39 is 5.60 Å². The van der Waals surface area contributed by atoms with Crippen molar-refractivity contribution in [3.63, 3.8) is 0 Å². The molecule has 1 atom stereocenters. The van der Waals surface area contributed by atoms with E-state index in [0.29, 0.717) is 6.54 Å². The van der Waals surface area contributed by atoms with Gasteiger partial charge in [-0.3, -0.25) is 4.79 Å². The van der Waals surface area contributed by atoms with E-state index in [1.807, 2.05) is 31.7 Å². The van der Waals surface area contributed by atoms with E-state index in [2.05, 4.69) is 0 Å². The molecule has 0 bridgehead atoms. The number of likely N-dealkylation sites (tertiary alicyclic amines) is 1. The van der Waals surface area contributed by atoms with E-state index in [1.165, 1.54) is 0 Å². The summed E-state index contributed by atoms with van der Waals surface area (Å²) in [6.45, 7) is 6.30. The lowest BCUT2D eigenvalue weighted by molar-refractivity contribution is 0.0202. The first-order valence-corrected chi connectivity index (χ1v) is 7.87. The summed E-state index contributed by atoms with van der Waals surface area (Å²) in [5.41, 5.74) is 0.514. The lowest BCUT2D eigenvalue weighted by Crippen LogP contribution is -2.41. The molecule has 1 saturated heterocycles. The average Bonchev–Trinajstić information content (AvgIpc) is 3.04. The highest BCUT2D eigenvalue weighted by atomic mass is 16.6. The Morgan fingerprint density at radius 2 is 2.05 bits per heavy atom. The molecule has 0 unspecified atom stereocenters. The SMILES string of the molecule is Cn1ccc([C@@H]2CN(C(=O)OC(C)(C)C)C3(CC3)C2)cc1=O. The fourth-order valence-electron chi connectivity index (χ4n) is 3.29. The summed E-state index contributed by atoms with van der Waals surface area (Å²) >= 11 is 0. The molecular weight excluding hydrogens is 280 g/mol. The molecule has 22 heavy (non-hydrogen) atoms. The van der Waals surface area contributed by atoms with Gasteiger partial charge in [-0.05, 0) is 51.7 Å². The van der Waals surface area contributed by atoms with Crippen molar-refractivity contribution in [1.82, 2.24) is 9.47 Å². The Bertz CT molecular complexity index is 653. The minimum absolute atomic E-state index is 0.00179. The van der Waals surface area contributed by atoms with Crippen molar-refractivity contribution >= 4 is 6.09 Å². The minimum atomic E-state index is -0.478. The molecule has 1 aromatic rings. The number of amides is 1. The van der Waals surface area contributed by atoms with Gasteiger partial charge in [0.25, 0.3) is 5.56 Å². The van der Waals surface area contributed by atoms with E-state index in [9.17, 15) is 9.59 Å². The van der Waals surface area contributed by atoms with Gasteiger partial charge in [0, 0.05) is 37.3 Å². The number of aromatic nitrogens is 1. The Morgan fingerprint density at radius 1 is 1.36 bits per heavy atom. The molecule has 1 amide bonds. The highest BCUT2D eigenvalue weighted by Crippen LogP contribution is 2.54. The summed E-state index contributed by atoms with van der Waals surface area (Å²) in [7, 11) is 1.75. The maximum absolute atomic E-state index is 12.5. The van der Waals surface area contributed by atoms with Crippen molar-refractivity contribution in [1.29, 1.82) is 0 Å². The third kappa shape index (κ3) is 2.76. The molecule has 1 aliphatic carbocycles. The second-order valence-electron chi connectivity index (χ2n) is 7.63. The van der Waals surface area contributed by atoms with Crippen LogP contribution in [0.5, 0.6) is 0 Å². The fourth-order valence-corrected chi connectivity index (χ4v) is 3.29. The molecular formula is C17H24N2O3. The molecule has 2 fully saturated rings. The van der Waals surface area contributed by atoms with Gasteiger partial charge in [0.15, 0.2) is 0 Å². The smallest absolute Gasteiger partial charge is 0.410 e. The number of nitrogens with zero attached hydrogens (tertiary/aromatic N) is 2. The first-order valence-electron chi connectivity index (χ1n) is 7.87. The van der Waals surface area contributed by atoms with Gasteiger partial charge in [0.05, 0.1) is 0 Å². The summed E-state index contributed by atoms with van der Waals surface area (Å²) in [4.78, 5) is 26.2. The second kappa shape index (κ2) is 4.86. The number of hydrogen-bond donors (Lipinski definition) is 0. The zero-order chi connectivity index (χ0) is 16.1. The van der Waals surface area contributed by atoms with E-state index in [-0.39, 0.29) is 23.1 Å². The first-order chi connectivity index (χ1) is 10.2. The van der Waals surface area contributed by atoms with E-state index in [1.54, 1.807) is 23.9 Å². The first kappa shape index (κ1) is 15.1. The third-order valence-corrected chi connectivity index (χ3v) is 4.64. The van der Waals surface area contributed by atoms with Crippen LogP contribution < -0.4 is 5.56 Å². The van der Waals surface area contributed by atoms with Crippen molar-refractivity contribution in [3.05, 3.63) is 34.2 Å². The summed E-state index contributed by atoms with van der Waals surface area (Å²) in [5, 5.41) is 0. The summed E-state index contributed by atoms with van der Waals surface area (Å²) in [6, 6.07) is 3.68. The van der Waals surface area contributed by atoms with Crippen LogP contribution in [0.4, 0.5) is 4.79 Å². The van der Waals surface area contributed by atoms with E-state index >= 15 is 0 Å². The van der Waals surface area contributed by atoms with Gasteiger partial charge < -0.3 is 14.2 Å². The van der Waals surface area contributed by atoms with Gasteiger partial charge in [-0.2, -0.15) is 0 Å². The van der Waals surface area contributed by atoms with Crippen LogP contribution in [0.1, 0.15) is 51.5 Å². The number of carbonyl (C=O) groups excluding carboxylic acids is 1. The Morgan fingerprint density at radius 3 is 2.59 bits per heavy atom. The van der Waals surface area contributed by atoms with Gasteiger partial charge in [-0.15, -0.1) is 0 Å². The van der Waals surface area contributed by atoms with Crippen LogP contribution in [-0.4, -0.2) is 33.2 Å². The van der Waals surface area contributed by atoms with Crippen LogP contribution >= 0.6 is 0 Å². The molecule has 120 valence electrons. The molecule has 0 radical (unpaired) electrons. The van der Waals surface area contributed by atoms with Crippen LogP contribution in [0, 0.1) is 0 Å². The Labute approximate surface area is 130 Å². The standard InChI is InChI=1S/C17H24N2O3/c1-16(2,3)22-15(21)19-11-13(10-17(19)6-7-17)12-5-8-18(4)14(20)9-12/h5,8-9,13H,6-7,10-11H2,1-4H3/t13-/m0/s1. The van der Waals surface area contributed by atoms with Crippen LogP contribution in [0.25, 0.3) is 0 Å².